The molecule has 0 radical (unpaired) electrons. The lowest BCUT2D eigenvalue weighted by Crippen LogP contribution is -2.31. The second-order valence-electron chi connectivity index (χ2n) is 1.03. The Balaban J connectivity index is 3.69. The van der Waals surface area contributed by atoms with Crippen molar-refractivity contribution in [2.24, 2.45) is 10.8 Å². The van der Waals surface area contributed by atoms with E-state index in [2.05, 4.69) is 26.3 Å². The molecule has 7 heteroatoms. The SMILES string of the molecule is NC(=N[N+](=O)[O-])NCBr. The summed E-state index contributed by atoms with van der Waals surface area (Å²) in [5, 5.41) is 13.8. The number of guanidine groups is 1. The Labute approximate surface area is 59.4 Å². The molecule has 0 aromatic carbocycles. The zero-order chi connectivity index (χ0) is 7.28. The Bertz CT molecular complexity index is 135. The molecule has 0 heterocycles. The number of hydrazone groups is 1. The topological polar surface area (TPSA) is 93.5 Å². The van der Waals surface area contributed by atoms with Crippen LogP contribution in [-0.4, -0.2) is 16.4 Å². The lowest BCUT2D eigenvalue weighted by atomic mass is 11.0. The number of nitrogens with two attached hydrogens (primary N) is 1. The number of hydrogen-bond donors (Lipinski definition) is 2. The summed E-state index contributed by atoms with van der Waals surface area (Å²) >= 11 is 2.95. The number of nitro groups is 1. The van der Waals surface area contributed by atoms with Crippen molar-refractivity contribution < 1.29 is 5.03 Å². The van der Waals surface area contributed by atoms with Crippen molar-refractivity contribution in [3.8, 4) is 0 Å². The summed E-state index contributed by atoms with van der Waals surface area (Å²) in [5.74, 6) is -0.211. The second kappa shape index (κ2) is 4.07. The largest absolute Gasteiger partial charge is 0.365 e. The van der Waals surface area contributed by atoms with E-state index in [4.69, 9.17) is 5.73 Å². The molecule has 0 rings (SSSR count). The van der Waals surface area contributed by atoms with Crippen LogP contribution in [0.25, 0.3) is 0 Å². The molecule has 0 amide bonds. The highest BCUT2D eigenvalue weighted by Crippen LogP contribution is 1.72. The van der Waals surface area contributed by atoms with Crippen LogP contribution in [0.5, 0.6) is 0 Å². The molecule has 3 N–H and O–H groups in total. The van der Waals surface area contributed by atoms with Crippen molar-refractivity contribution in [3.63, 3.8) is 0 Å². The minimum Gasteiger partial charge on any atom is -0.365 e. The lowest BCUT2D eigenvalue weighted by molar-refractivity contribution is -0.485. The van der Waals surface area contributed by atoms with Gasteiger partial charge in [0.05, 0.1) is 5.45 Å². The first-order valence-electron chi connectivity index (χ1n) is 1.95. The molecule has 0 spiro atoms. The van der Waals surface area contributed by atoms with E-state index in [1.165, 1.54) is 0 Å². The van der Waals surface area contributed by atoms with Gasteiger partial charge in [-0.1, -0.05) is 15.9 Å². The van der Waals surface area contributed by atoms with Gasteiger partial charge in [0.1, 0.15) is 5.10 Å². The van der Waals surface area contributed by atoms with Gasteiger partial charge in [-0.2, -0.15) is 0 Å². The van der Waals surface area contributed by atoms with Crippen molar-refractivity contribution in [1.29, 1.82) is 0 Å². The predicted molar refractivity (Wildman–Crippen MR) is 35.5 cm³/mol. The van der Waals surface area contributed by atoms with Gasteiger partial charge in [0.25, 0.3) is 5.96 Å². The molecule has 0 fully saturated rings. The highest BCUT2D eigenvalue weighted by Gasteiger charge is 1.93. The van der Waals surface area contributed by atoms with E-state index in [0.29, 0.717) is 5.45 Å². The van der Waals surface area contributed by atoms with Crippen molar-refractivity contribution in [2.45, 2.75) is 0 Å². The molecule has 0 saturated heterocycles. The molecular formula is C2H5BrN4O2. The van der Waals surface area contributed by atoms with Crippen molar-refractivity contribution in [3.05, 3.63) is 10.1 Å². The van der Waals surface area contributed by atoms with Crippen molar-refractivity contribution in [1.82, 2.24) is 5.32 Å². The summed E-state index contributed by atoms with van der Waals surface area (Å²) in [6.45, 7) is 0. The van der Waals surface area contributed by atoms with E-state index in [0.717, 1.165) is 0 Å². The number of rotatable bonds is 2. The van der Waals surface area contributed by atoms with Crippen LogP contribution in [0.15, 0.2) is 5.10 Å². The van der Waals surface area contributed by atoms with Crippen molar-refractivity contribution >= 4 is 21.9 Å². The highest BCUT2D eigenvalue weighted by atomic mass is 79.9. The van der Waals surface area contributed by atoms with Gasteiger partial charge in [0, 0.05) is 0 Å². The van der Waals surface area contributed by atoms with Crippen LogP contribution in [0.2, 0.25) is 0 Å². The highest BCUT2D eigenvalue weighted by molar-refractivity contribution is 9.09. The maximum Gasteiger partial charge on any atom is 0.266 e. The lowest BCUT2D eigenvalue weighted by Gasteiger charge is -1.92. The summed E-state index contributed by atoms with van der Waals surface area (Å²) < 4.78 is 0. The van der Waals surface area contributed by atoms with Crippen LogP contribution in [0, 0.1) is 10.1 Å². The van der Waals surface area contributed by atoms with Gasteiger partial charge in [-0.15, -0.1) is 0 Å². The third-order valence-corrected chi connectivity index (χ3v) is 0.718. The van der Waals surface area contributed by atoms with Gasteiger partial charge in [-0.05, 0) is 0 Å². The minimum absolute atomic E-state index is 0.211. The molecule has 0 aliphatic carbocycles. The maximum absolute atomic E-state index is 9.57. The number of hydrogen-bond acceptors (Lipinski definition) is 2. The zero-order valence-electron chi connectivity index (χ0n) is 4.37. The monoisotopic (exact) mass is 196 g/mol. The van der Waals surface area contributed by atoms with Crippen LogP contribution in [-0.2, 0) is 0 Å². The standard InChI is InChI=1S/C2H5BrN4O2/c3-1-5-2(4)6-7(8)9/h1H2,(H3,4,5,6). The van der Waals surface area contributed by atoms with E-state index in [1.807, 2.05) is 0 Å². The molecule has 9 heavy (non-hydrogen) atoms. The molecule has 0 aromatic rings. The first-order valence-corrected chi connectivity index (χ1v) is 3.07. The molecule has 0 atom stereocenters. The Morgan fingerprint density at radius 1 is 2.00 bits per heavy atom. The first-order chi connectivity index (χ1) is 4.16. The molecular weight excluding hydrogens is 192 g/mol. The van der Waals surface area contributed by atoms with Crippen LogP contribution >= 0.6 is 15.9 Å². The molecule has 0 bridgehead atoms. The summed E-state index contributed by atoms with van der Waals surface area (Å²) in [5.41, 5.74) is 5.30. The fourth-order valence-corrected chi connectivity index (χ4v) is 0.479. The number of nitrogens with one attached hydrogen (secondary N) is 1. The van der Waals surface area contributed by atoms with Crippen molar-refractivity contribution in [2.75, 3.05) is 5.45 Å². The van der Waals surface area contributed by atoms with Gasteiger partial charge in [-0.3, -0.25) is 0 Å². The molecule has 52 valence electrons. The maximum atomic E-state index is 9.57. The summed E-state index contributed by atoms with van der Waals surface area (Å²) in [6, 6.07) is 0. The Kier molecular flexibility index (Phi) is 3.69. The first kappa shape index (κ1) is 8.15. The van der Waals surface area contributed by atoms with Gasteiger partial charge in [-0.25, -0.2) is 10.1 Å². The number of nitrogens with zero attached hydrogens (tertiary/aromatic N) is 2. The minimum atomic E-state index is -0.870. The number of alkyl halides is 1. The zero-order valence-corrected chi connectivity index (χ0v) is 5.96. The van der Waals surface area contributed by atoms with Crippen LogP contribution in [0.1, 0.15) is 0 Å². The van der Waals surface area contributed by atoms with E-state index < -0.39 is 5.03 Å². The van der Waals surface area contributed by atoms with Crippen LogP contribution < -0.4 is 11.1 Å². The van der Waals surface area contributed by atoms with Gasteiger partial charge in [0.2, 0.25) is 0 Å². The molecule has 6 nitrogen and oxygen atoms in total. The quantitative estimate of drug-likeness (QED) is 0.155. The Morgan fingerprint density at radius 2 is 2.56 bits per heavy atom. The van der Waals surface area contributed by atoms with E-state index in [9.17, 15) is 10.1 Å². The molecule has 0 saturated carbocycles. The fourth-order valence-electron chi connectivity index (χ4n) is 0.192. The molecule has 0 unspecified atom stereocenters. The van der Waals surface area contributed by atoms with E-state index >= 15 is 0 Å². The fraction of sp³-hybridized carbons (Fsp3) is 0.500. The molecule has 0 aromatic heterocycles. The second-order valence-corrected chi connectivity index (χ2v) is 1.59. The summed E-state index contributed by atoms with van der Waals surface area (Å²) in [6.07, 6.45) is 0. The van der Waals surface area contributed by atoms with Gasteiger partial charge >= 0.3 is 0 Å². The third-order valence-electron chi connectivity index (χ3n) is 0.437. The average molecular weight is 197 g/mol. The van der Waals surface area contributed by atoms with E-state index in [1.54, 1.807) is 0 Å². The molecule has 0 aliphatic heterocycles. The molecule has 0 aliphatic rings. The van der Waals surface area contributed by atoms with Gasteiger partial charge < -0.3 is 11.1 Å². The average Bonchev–Trinajstić information content (AvgIpc) is 1.63. The third kappa shape index (κ3) is 5.01. The predicted octanol–water partition coefficient (Wildman–Crippen LogP) is -0.565. The Hall–Kier alpha value is -0.850. The Morgan fingerprint density at radius 3 is 2.89 bits per heavy atom. The normalized spacial score (nSPS) is 11.0. The van der Waals surface area contributed by atoms with E-state index in [-0.39, 0.29) is 5.96 Å². The summed E-state index contributed by atoms with van der Waals surface area (Å²) in [4.78, 5) is 9.57. The van der Waals surface area contributed by atoms with Gasteiger partial charge in [0.15, 0.2) is 5.03 Å². The van der Waals surface area contributed by atoms with Crippen LogP contribution in [0.4, 0.5) is 0 Å². The smallest absolute Gasteiger partial charge is 0.266 e. The van der Waals surface area contributed by atoms with Crippen LogP contribution in [0.3, 0.4) is 0 Å². The summed E-state index contributed by atoms with van der Waals surface area (Å²) in [7, 11) is 0. The number of halogens is 1.